The number of aliphatic hydroxyl groups is 4. The molecule has 586 valence electrons. The molecule has 2 fully saturated rings. The van der Waals surface area contributed by atoms with Crippen LogP contribution in [0.1, 0.15) is 82.1 Å². The Morgan fingerprint density at radius 1 is 0.429 bits per heavy atom. The predicted octanol–water partition coefficient (Wildman–Crippen LogP) is 10.3. The van der Waals surface area contributed by atoms with Crippen molar-refractivity contribution in [2.24, 2.45) is 5.92 Å². The van der Waals surface area contributed by atoms with Gasteiger partial charge < -0.3 is 40.0 Å². The second kappa shape index (κ2) is 33.8. The van der Waals surface area contributed by atoms with Gasteiger partial charge in [0.15, 0.2) is 11.2 Å². The minimum Gasteiger partial charge on any atom is -0.400 e. The Kier molecular flexibility index (Phi) is 24.0. The normalized spacial score (nSPS) is 15.4. The van der Waals surface area contributed by atoms with Crippen molar-refractivity contribution in [2.45, 2.75) is 102 Å². The van der Waals surface area contributed by atoms with Crippen molar-refractivity contribution in [3.8, 4) is 33.6 Å². The first-order valence-corrected chi connectivity index (χ1v) is 36.1. The van der Waals surface area contributed by atoms with Gasteiger partial charge >= 0.3 is 23.2 Å². The van der Waals surface area contributed by atoms with Crippen LogP contribution in [0.25, 0.3) is 33.6 Å². The summed E-state index contributed by atoms with van der Waals surface area (Å²) < 4.78 is 129. The number of pyridine rings is 2. The lowest BCUT2D eigenvalue weighted by molar-refractivity contribution is -0.207. The highest BCUT2D eigenvalue weighted by molar-refractivity contribution is 5.68. The van der Waals surface area contributed by atoms with Crippen molar-refractivity contribution in [1.82, 2.24) is 79.1 Å². The van der Waals surface area contributed by atoms with Crippen LogP contribution in [0.3, 0.4) is 0 Å². The molecule has 2 aliphatic heterocycles. The van der Waals surface area contributed by atoms with Crippen molar-refractivity contribution in [2.75, 3.05) is 79.1 Å². The highest BCUT2D eigenvalue weighted by Crippen LogP contribution is 2.49. The van der Waals surface area contributed by atoms with Gasteiger partial charge in [0, 0.05) is 129 Å². The number of aromatic nitrogens is 16. The third kappa shape index (κ3) is 16.3. The number of rotatable bonds is 24. The summed E-state index contributed by atoms with van der Waals surface area (Å²) in [6.07, 6.45) is 8.25. The third-order valence-electron chi connectivity index (χ3n) is 20.4. The van der Waals surface area contributed by atoms with Crippen LogP contribution in [-0.2, 0) is 36.1 Å². The third-order valence-corrected chi connectivity index (χ3v) is 20.4. The fourth-order valence-electron chi connectivity index (χ4n) is 14.2. The number of alkyl halides is 4. The second-order valence-corrected chi connectivity index (χ2v) is 27.5. The fourth-order valence-corrected chi connectivity index (χ4v) is 14.2. The zero-order chi connectivity index (χ0) is 79.8. The summed E-state index contributed by atoms with van der Waals surface area (Å²) >= 11 is 0. The molecule has 0 bridgehead atoms. The Bertz CT molecular complexity index is 4870. The molecule has 2 aliphatic rings. The molecule has 26 nitrogen and oxygen atoms in total. The van der Waals surface area contributed by atoms with Gasteiger partial charge in [0.1, 0.15) is 60.0 Å². The monoisotopic (exact) mass is 1550 g/mol. The number of benzene rings is 6. The summed E-state index contributed by atoms with van der Waals surface area (Å²) in [6, 6.07) is 39.5. The number of aliphatic hydroxyl groups excluding tert-OH is 2. The topological polar surface area (TPSA) is 286 Å². The van der Waals surface area contributed by atoms with Crippen LogP contribution < -0.4 is 31.0 Å². The summed E-state index contributed by atoms with van der Waals surface area (Å²) in [4.78, 5) is 43.1. The highest BCUT2D eigenvalue weighted by atomic mass is 19.3. The predicted molar refractivity (Wildman–Crippen MR) is 401 cm³/mol. The van der Waals surface area contributed by atoms with Crippen LogP contribution in [-0.4, -0.2) is 165 Å². The maximum atomic E-state index is 16.2. The fraction of sp³-hybridized carbons (Fsp3) is 0.333. The number of anilines is 4. The highest BCUT2D eigenvalue weighted by Gasteiger charge is 2.59. The largest absolute Gasteiger partial charge is 0.400 e. The van der Waals surface area contributed by atoms with E-state index in [2.05, 4.69) is 91.6 Å². The molecule has 34 heteroatoms. The SMILES string of the molecule is CC[C@@H](C(C)C)n1ncn(-c2ccc(N3CCN(c4ccc(-c5ccc(C(F)(F)[C@](O)(Cn6cnnn6)c6ccc(F)cc6F)nc5)cc4)CC3)cc2)c1=O.CC[C@@H]([C@H](C)O)n1ncn(-c2ccc(N3CCN(c4ccc(-c5ccc(C(F)(F)[C@](O)(Cn6cnnn6)c6ccc(F)cc6F)nc5)cc4)CC3)cc2)c1=O.CO. The van der Waals surface area contributed by atoms with Crippen LogP contribution in [0.5, 0.6) is 0 Å². The zero-order valence-corrected chi connectivity index (χ0v) is 61.8. The molecular weight excluding hydrogens is 1460 g/mol. The smallest absolute Gasteiger partial charge is 0.350 e. The zero-order valence-electron chi connectivity index (χ0n) is 61.8. The molecule has 2 saturated heterocycles. The quantitative estimate of drug-likeness (QED) is 0.0409. The summed E-state index contributed by atoms with van der Waals surface area (Å²) in [7, 11) is 1.00. The number of tetrazole rings is 2. The second-order valence-electron chi connectivity index (χ2n) is 27.5. The van der Waals surface area contributed by atoms with Crippen LogP contribution in [0, 0.1) is 29.2 Å². The van der Waals surface area contributed by atoms with Crippen molar-refractivity contribution >= 4 is 22.7 Å². The molecule has 14 rings (SSSR count). The van der Waals surface area contributed by atoms with Crippen LogP contribution in [0.2, 0.25) is 0 Å². The minimum atomic E-state index is -4.16. The summed E-state index contributed by atoms with van der Waals surface area (Å²) in [5.41, 5.74) is -2.16. The lowest BCUT2D eigenvalue weighted by Crippen LogP contribution is -2.48. The summed E-state index contributed by atoms with van der Waals surface area (Å²) in [6.45, 7) is 14.0. The van der Waals surface area contributed by atoms with E-state index in [1.54, 1.807) is 22.5 Å². The maximum Gasteiger partial charge on any atom is 0.350 e. The van der Waals surface area contributed by atoms with Gasteiger partial charge in [0.05, 0.1) is 42.7 Å². The lowest BCUT2D eigenvalue weighted by Gasteiger charge is -2.37. The Balaban J connectivity index is 0.000000203. The molecule has 0 aliphatic carbocycles. The van der Waals surface area contributed by atoms with Crippen LogP contribution in [0.4, 0.5) is 57.9 Å². The Labute approximate surface area is 637 Å². The minimum absolute atomic E-state index is 0.0418. The number of halogens is 8. The number of hydrogen-bond donors (Lipinski definition) is 4. The van der Waals surface area contributed by atoms with Gasteiger partial charge in [-0.1, -0.05) is 64.1 Å². The molecule has 4 N–H and O–H groups in total. The standard InChI is InChI=1S/C39H40F4N10O2.C38H38F4N10O3.CH4O/c1-4-35(26(2)3)53-37(54)52(25-46-53)32-13-11-31(12-14-32)50-19-17-49(18-20-50)30-9-5-27(6-10-30)28-7-16-36(44-22-28)39(42,43)38(55,23-51-24-45-47-48-51)33-15-8-29(40)21-34(33)41;1-3-34(25(2)53)52-36(54)51(24-45-52)31-12-10-30(11-13-31)49-18-16-48(17-19-49)29-8-4-26(5-9-29)27-6-15-35(43-21-27)38(41,42)37(55,22-50-23-44-46-47-50)32-14-7-28(39)20-33(32)40;1-2/h5-16,21-22,24-26,35,55H,4,17-20,23H2,1-3H3;4-15,20-21,23-25,34,53,55H,3,16-19,22H2,1-2H3;2H,1H3/t35-,38-;25-,34-,37-;/m00./s1. The number of nitrogens with zero attached hydrogens (tertiary/aromatic N) is 20. The first kappa shape index (κ1) is 79.7. The average molecular weight is 1550 g/mol. The van der Waals surface area contributed by atoms with E-state index in [9.17, 15) is 42.5 Å². The Hall–Kier alpha value is -11.9. The molecular formula is C78H82F8N20O6. The number of hydrogen-bond acceptors (Lipinski definition) is 20. The van der Waals surface area contributed by atoms with E-state index in [0.717, 1.165) is 164 Å². The van der Waals surface area contributed by atoms with E-state index in [1.807, 2.05) is 104 Å². The van der Waals surface area contributed by atoms with Crippen LogP contribution in [0.15, 0.2) is 205 Å². The van der Waals surface area contributed by atoms with Gasteiger partial charge in [-0.05, 0) is 167 Å². The van der Waals surface area contributed by atoms with E-state index in [1.165, 1.54) is 40.1 Å². The molecule has 8 heterocycles. The van der Waals surface area contributed by atoms with Crippen LogP contribution >= 0.6 is 0 Å². The van der Waals surface area contributed by atoms with Gasteiger partial charge in [-0.15, -0.1) is 10.2 Å². The molecule has 0 spiro atoms. The van der Waals surface area contributed by atoms with Gasteiger partial charge in [-0.25, -0.2) is 55.0 Å². The molecule has 6 aromatic carbocycles. The van der Waals surface area contributed by atoms with E-state index in [-0.39, 0.29) is 17.4 Å². The lowest BCUT2D eigenvalue weighted by atomic mass is 9.84. The van der Waals surface area contributed by atoms with E-state index < -0.39 is 94.1 Å². The summed E-state index contributed by atoms with van der Waals surface area (Å²) in [5.74, 6) is -12.7. The van der Waals surface area contributed by atoms with Gasteiger partial charge in [0.2, 0.25) is 0 Å². The van der Waals surface area contributed by atoms with E-state index in [4.69, 9.17) is 5.11 Å². The molecule has 5 atom stereocenters. The summed E-state index contributed by atoms with van der Waals surface area (Å²) in [5, 5.41) is 69.2. The van der Waals surface area contributed by atoms with Crippen molar-refractivity contribution in [1.29, 1.82) is 0 Å². The van der Waals surface area contributed by atoms with Crippen molar-refractivity contribution in [3.05, 3.63) is 262 Å². The molecule has 0 saturated carbocycles. The van der Waals surface area contributed by atoms with E-state index in [0.29, 0.717) is 41.3 Å². The Morgan fingerprint density at radius 2 is 0.750 bits per heavy atom. The molecule has 0 unspecified atom stereocenters. The number of piperazine rings is 2. The molecule has 0 radical (unpaired) electrons. The molecule has 12 aromatic rings. The molecule has 112 heavy (non-hydrogen) atoms. The van der Waals surface area contributed by atoms with Gasteiger partial charge in [-0.2, -0.15) is 27.8 Å². The van der Waals surface area contributed by atoms with Gasteiger partial charge in [-0.3, -0.25) is 9.97 Å². The maximum absolute atomic E-state index is 16.2. The molecule has 6 aromatic heterocycles. The van der Waals surface area contributed by atoms with E-state index >= 15 is 17.6 Å². The average Bonchev–Trinajstić information content (AvgIpc) is 1.09. The van der Waals surface area contributed by atoms with Crippen molar-refractivity contribution < 1.29 is 55.5 Å². The first-order chi connectivity index (χ1) is 53.8. The van der Waals surface area contributed by atoms with Gasteiger partial charge in [0.25, 0.3) is 0 Å². The first-order valence-electron chi connectivity index (χ1n) is 36.1. The Morgan fingerprint density at radius 3 is 1.04 bits per heavy atom. The van der Waals surface area contributed by atoms with Crippen molar-refractivity contribution in [3.63, 3.8) is 0 Å². The molecule has 0 amide bonds.